The van der Waals surface area contributed by atoms with Gasteiger partial charge in [0, 0.05) is 28.5 Å². The quantitative estimate of drug-likeness (QED) is 0.421. The molecule has 0 saturated carbocycles. The number of hydrogen-bond acceptors (Lipinski definition) is 7. The molecule has 30 heavy (non-hydrogen) atoms. The number of allylic oxidation sites excluding steroid dienone is 1. The monoisotopic (exact) mass is 410 g/mol. The van der Waals surface area contributed by atoms with Crippen molar-refractivity contribution in [2.45, 2.75) is 13.0 Å². The minimum absolute atomic E-state index is 0.0993. The minimum Gasteiger partial charge on any atom is -0.508 e. The predicted molar refractivity (Wildman–Crippen MR) is 112 cm³/mol. The highest BCUT2D eigenvalue weighted by molar-refractivity contribution is 5.87. The number of benzene rings is 2. The molecule has 0 radical (unpaired) electrons. The van der Waals surface area contributed by atoms with Crippen LogP contribution in [0, 0.1) is 10.1 Å². The molecule has 1 heterocycles. The van der Waals surface area contributed by atoms with Gasteiger partial charge in [-0.15, -0.1) is 0 Å². The standard InChI is InChI=1S/C22H22N2O6/c1-14(25)8-10-23-11-9-16-12-19(29-2)22(30-3)21(15-4-6-17(26)7-5-15)20(16)18(23)13-24(27)28/h4-12,18,26H,13H2,1-3H3/b10-8+. The van der Waals surface area contributed by atoms with Crippen LogP contribution in [0.2, 0.25) is 0 Å². The molecule has 2 aromatic rings. The van der Waals surface area contributed by atoms with E-state index in [1.165, 1.54) is 45.6 Å². The van der Waals surface area contributed by atoms with Crippen molar-refractivity contribution in [2.75, 3.05) is 20.8 Å². The molecule has 1 aliphatic rings. The Morgan fingerprint density at radius 1 is 1.27 bits per heavy atom. The molecule has 0 aromatic heterocycles. The van der Waals surface area contributed by atoms with E-state index < -0.39 is 6.04 Å². The number of phenolic OH excluding ortho intramolecular Hbond substituents is 1. The number of nitrogens with zero attached hydrogens (tertiary/aromatic N) is 2. The van der Waals surface area contributed by atoms with Gasteiger partial charge in [0.05, 0.1) is 14.2 Å². The number of rotatable bonds is 7. The van der Waals surface area contributed by atoms with E-state index in [1.807, 2.05) is 6.08 Å². The maximum Gasteiger partial charge on any atom is 0.228 e. The first-order valence-corrected chi connectivity index (χ1v) is 9.20. The van der Waals surface area contributed by atoms with E-state index in [4.69, 9.17) is 9.47 Å². The van der Waals surface area contributed by atoms with E-state index in [0.717, 1.165) is 5.56 Å². The summed E-state index contributed by atoms with van der Waals surface area (Å²) in [6.07, 6.45) is 6.40. The molecule has 2 aromatic carbocycles. The van der Waals surface area contributed by atoms with Gasteiger partial charge >= 0.3 is 0 Å². The van der Waals surface area contributed by atoms with Gasteiger partial charge < -0.3 is 19.5 Å². The van der Waals surface area contributed by atoms with Crippen LogP contribution in [0.1, 0.15) is 24.1 Å². The summed E-state index contributed by atoms with van der Waals surface area (Å²) in [6.45, 7) is 1.02. The Bertz CT molecular complexity index is 1030. The first-order valence-electron chi connectivity index (χ1n) is 9.20. The summed E-state index contributed by atoms with van der Waals surface area (Å²) in [6, 6.07) is 7.59. The minimum atomic E-state index is -0.681. The molecule has 0 bridgehead atoms. The highest BCUT2D eigenvalue weighted by atomic mass is 16.6. The van der Waals surface area contributed by atoms with Gasteiger partial charge in [0.1, 0.15) is 11.8 Å². The molecule has 0 fully saturated rings. The van der Waals surface area contributed by atoms with Crippen molar-refractivity contribution in [3.8, 4) is 28.4 Å². The Hall–Kier alpha value is -3.81. The van der Waals surface area contributed by atoms with Gasteiger partial charge in [-0.25, -0.2) is 0 Å². The maximum absolute atomic E-state index is 11.5. The van der Waals surface area contributed by atoms with Crippen LogP contribution in [0.15, 0.2) is 48.8 Å². The van der Waals surface area contributed by atoms with Crippen molar-refractivity contribution in [3.05, 3.63) is 70.0 Å². The van der Waals surface area contributed by atoms with Crippen LogP contribution in [0.4, 0.5) is 0 Å². The molecular formula is C22H22N2O6. The lowest BCUT2D eigenvalue weighted by Gasteiger charge is -2.32. The fraction of sp³-hybridized carbons (Fsp3) is 0.227. The predicted octanol–water partition coefficient (Wildman–Crippen LogP) is 3.78. The fourth-order valence-corrected chi connectivity index (χ4v) is 3.53. The molecule has 0 aliphatic carbocycles. The summed E-state index contributed by atoms with van der Waals surface area (Å²) in [7, 11) is 3.02. The first-order chi connectivity index (χ1) is 14.3. The molecule has 1 atom stereocenters. The number of ether oxygens (including phenoxy) is 2. The average Bonchev–Trinajstić information content (AvgIpc) is 2.71. The summed E-state index contributed by atoms with van der Waals surface area (Å²) in [4.78, 5) is 24.2. The van der Waals surface area contributed by atoms with Gasteiger partial charge in [0.25, 0.3) is 0 Å². The zero-order valence-corrected chi connectivity index (χ0v) is 16.9. The van der Waals surface area contributed by atoms with Gasteiger partial charge in [0.2, 0.25) is 6.54 Å². The Labute approximate surface area is 173 Å². The lowest BCUT2D eigenvalue weighted by atomic mass is 9.86. The zero-order chi connectivity index (χ0) is 21.8. The van der Waals surface area contributed by atoms with Crippen molar-refractivity contribution in [3.63, 3.8) is 0 Å². The number of aromatic hydroxyl groups is 1. The Kier molecular flexibility index (Phi) is 6.06. The van der Waals surface area contributed by atoms with Crippen molar-refractivity contribution < 1.29 is 24.3 Å². The lowest BCUT2D eigenvalue weighted by molar-refractivity contribution is -0.486. The zero-order valence-electron chi connectivity index (χ0n) is 16.9. The van der Waals surface area contributed by atoms with E-state index >= 15 is 0 Å². The SMILES string of the molecule is COc1cc2c(c(-c3ccc(O)cc3)c1OC)C(C[N+](=O)[O-])N(/C=C/C(C)=O)C=C2. The fourth-order valence-electron chi connectivity index (χ4n) is 3.53. The number of ketones is 1. The summed E-state index contributed by atoms with van der Waals surface area (Å²) in [5.74, 6) is 0.847. The number of methoxy groups -OCH3 is 2. The van der Waals surface area contributed by atoms with Gasteiger partial charge in [-0.3, -0.25) is 14.9 Å². The van der Waals surface area contributed by atoms with E-state index in [9.17, 15) is 20.0 Å². The third-order valence-electron chi connectivity index (χ3n) is 4.82. The van der Waals surface area contributed by atoms with Gasteiger partial charge in [-0.05, 0) is 48.4 Å². The number of fused-ring (bicyclic) bond motifs is 1. The van der Waals surface area contributed by atoms with E-state index in [-0.39, 0.29) is 23.0 Å². The van der Waals surface area contributed by atoms with Crippen LogP contribution in [0.3, 0.4) is 0 Å². The number of carbonyl (C=O) groups excluding carboxylic acids is 1. The van der Waals surface area contributed by atoms with Crippen LogP contribution in [-0.4, -0.2) is 41.5 Å². The summed E-state index contributed by atoms with van der Waals surface area (Å²) in [5, 5.41) is 21.2. The molecule has 8 nitrogen and oxygen atoms in total. The van der Waals surface area contributed by atoms with Crippen LogP contribution in [-0.2, 0) is 4.79 Å². The van der Waals surface area contributed by atoms with Crippen molar-refractivity contribution in [2.24, 2.45) is 0 Å². The van der Waals surface area contributed by atoms with Gasteiger partial charge in [-0.2, -0.15) is 0 Å². The number of carbonyl (C=O) groups is 1. The highest BCUT2D eigenvalue weighted by Crippen LogP contribution is 2.48. The van der Waals surface area contributed by atoms with Crippen molar-refractivity contribution in [1.29, 1.82) is 0 Å². The largest absolute Gasteiger partial charge is 0.508 e. The molecular weight excluding hydrogens is 388 g/mol. The number of hydrogen-bond donors (Lipinski definition) is 1. The smallest absolute Gasteiger partial charge is 0.228 e. The maximum atomic E-state index is 11.5. The lowest BCUT2D eigenvalue weighted by Crippen LogP contribution is -2.29. The second kappa shape index (κ2) is 8.69. The molecule has 0 spiro atoms. The number of phenols is 1. The molecule has 156 valence electrons. The first kappa shape index (κ1) is 20.9. The second-order valence-electron chi connectivity index (χ2n) is 6.76. The molecule has 3 rings (SSSR count). The molecule has 1 aliphatic heterocycles. The average molecular weight is 410 g/mol. The summed E-state index contributed by atoms with van der Waals surface area (Å²) >= 11 is 0. The Morgan fingerprint density at radius 3 is 2.53 bits per heavy atom. The Morgan fingerprint density at radius 2 is 1.97 bits per heavy atom. The third-order valence-corrected chi connectivity index (χ3v) is 4.82. The Balaban J connectivity index is 2.31. The summed E-state index contributed by atoms with van der Waals surface area (Å²) in [5.41, 5.74) is 2.75. The molecule has 0 saturated heterocycles. The number of nitro groups is 1. The topological polar surface area (TPSA) is 102 Å². The van der Waals surface area contributed by atoms with E-state index in [2.05, 4.69) is 0 Å². The highest BCUT2D eigenvalue weighted by Gasteiger charge is 2.33. The molecule has 1 N–H and O–H groups in total. The molecule has 8 heteroatoms. The van der Waals surface area contributed by atoms with Crippen molar-refractivity contribution in [1.82, 2.24) is 4.90 Å². The van der Waals surface area contributed by atoms with Gasteiger partial charge in [0.15, 0.2) is 17.3 Å². The van der Waals surface area contributed by atoms with Crippen LogP contribution < -0.4 is 9.47 Å². The summed E-state index contributed by atoms with van der Waals surface area (Å²) < 4.78 is 11.1. The van der Waals surface area contributed by atoms with Crippen LogP contribution >= 0.6 is 0 Å². The molecule has 0 amide bonds. The van der Waals surface area contributed by atoms with Crippen LogP contribution in [0.5, 0.6) is 17.2 Å². The normalized spacial score (nSPS) is 15.2. The molecule has 1 unspecified atom stereocenters. The van der Waals surface area contributed by atoms with Crippen LogP contribution in [0.25, 0.3) is 17.2 Å². The second-order valence-corrected chi connectivity index (χ2v) is 6.76. The third kappa shape index (κ3) is 4.12. The van der Waals surface area contributed by atoms with E-state index in [0.29, 0.717) is 28.2 Å². The van der Waals surface area contributed by atoms with Crippen molar-refractivity contribution >= 4 is 11.9 Å². The van der Waals surface area contributed by atoms with Gasteiger partial charge in [-0.1, -0.05) is 12.1 Å². The van der Waals surface area contributed by atoms with E-state index in [1.54, 1.807) is 29.3 Å².